The summed E-state index contributed by atoms with van der Waals surface area (Å²) in [5, 5.41) is 8.83. The summed E-state index contributed by atoms with van der Waals surface area (Å²) in [5.74, 6) is 2.74. The van der Waals surface area contributed by atoms with Crippen LogP contribution >= 0.6 is 0 Å². The van der Waals surface area contributed by atoms with Gasteiger partial charge in [0.05, 0.1) is 13.1 Å². The topological polar surface area (TPSA) is 80.3 Å². The second-order valence-corrected chi connectivity index (χ2v) is 7.09. The molecule has 134 valence electrons. The van der Waals surface area contributed by atoms with Crippen LogP contribution in [-0.4, -0.2) is 62.7 Å². The van der Waals surface area contributed by atoms with E-state index in [0.29, 0.717) is 25.0 Å². The number of carbonyl (C=O) groups is 1. The zero-order valence-electron chi connectivity index (χ0n) is 14.9. The van der Waals surface area contributed by atoms with Crippen LogP contribution in [0.4, 0.5) is 0 Å². The Labute approximate surface area is 144 Å². The van der Waals surface area contributed by atoms with Crippen LogP contribution in [0.3, 0.4) is 0 Å². The second-order valence-electron chi connectivity index (χ2n) is 7.09. The standard InChI is InChI=1S/C17H30N6O/c1-3-5-6-22-8-7-21(12-16(22)24)11-15-19-20-17(23(15)4-2)13-9-14(18)10-13/h13-14H,3-12,18H2,1-2H3. The number of carbonyl (C=O) groups excluding carboxylic acids is 1. The van der Waals surface area contributed by atoms with Gasteiger partial charge in [-0.2, -0.15) is 0 Å². The van der Waals surface area contributed by atoms with Crippen molar-refractivity contribution in [3.63, 3.8) is 0 Å². The lowest BCUT2D eigenvalue weighted by molar-refractivity contribution is -0.136. The Morgan fingerprint density at radius 3 is 2.62 bits per heavy atom. The quantitative estimate of drug-likeness (QED) is 0.803. The third-order valence-corrected chi connectivity index (χ3v) is 5.26. The average Bonchev–Trinajstić information content (AvgIpc) is 2.93. The Hall–Kier alpha value is -1.47. The molecule has 7 nitrogen and oxygen atoms in total. The minimum absolute atomic E-state index is 0.238. The predicted molar refractivity (Wildman–Crippen MR) is 92.4 cm³/mol. The van der Waals surface area contributed by atoms with Crippen molar-refractivity contribution in [3.8, 4) is 0 Å². The van der Waals surface area contributed by atoms with Gasteiger partial charge in [-0.25, -0.2) is 0 Å². The summed E-state index contributed by atoms with van der Waals surface area (Å²) in [5.41, 5.74) is 5.91. The fraction of sp³-hybridized carbons (Fsp3) is 0.824. The molecule has 2 aliphatic rings. The maximum atomic E-state index is 12.3. The fourth-order valence-electron chi connectivity index (χ4n) is 3.66. The summed E-state index contributed by atoms with van der Waals surface area (Å²) in [6.45, 7) is 8.97. The highest BCUT2D eigenvalue weighted by Crippen LogP contribution is 2.34. The van der Waals surface area contributed by atoms with Crippen molar-refractivity contribution in [2.75, 3.05) is 26.2 Å². The fourth-order valence-corrected chi connectivity index (χ4v) is 3.66. The predicted octanol–water partition coefficient (Wildman–Crippen LogP) is 0.947. The highest BCUT2D eigenvalue weighted by molar-refractivity contribution is 5.79. The Balaban J connectivity index is 1.59. The average molecular weight is 334 g/mol. The molecular weight excluding hydrogens is 304 g/mol. The molecule has 0 bridgehead atoms. The van der Waals surface area contributed by atoms with Crippen LogP contribution in [0.1, 0.15) is 57.1 Å². The van der Waals surface area contributed by atoms with Crippen LogP contribution in [0, 0.1) is 0 Å². The molecule has 0 aromatic carbocycles. The Morgan fingerprint density at radius 2 is 2.00 bits per heavy atom. The third kappa shape index (κ3) is 3.62. The van der Waals surface area contributed by atoms with Gasteiger partial charge in [0.2, 0.25) is 5.91 Å². The number of nitrogens with zero attached hydrogens (tertiary/aromatic N) is 5. The van der Waals surface area contributed by atoms with Crippen molar-refractivity contribution in [2.24, 2.45) is 5.73 Å². The SMILES string of the molecule is CCCCN1CCN(Cc2nnc(C3CC(N)C3)n2CC)CC1=O. The van der Waals surface area contributed by atoms with Gasteiger partial charge in [0.25, 0.3) is 0 Å². The van der Waals surface area contributed by atoms with E-state index in [4.69, 9.17) is 5.73 Å². The van der Waals surface area contributed by atoms with Gasteiger partial charge in [-0.1, -0.05) is 13.3 Å². The molecule has 7 heteroatoms. The first-order valence-electron chi connectivity index (χ1n) is 9.30. The van der Waals surface area contributed by atoms with E-state index in [2.05, 4.69) is 33.5 Å². The molecule has 0 unspecified atom stereocenters. The summed E-state index contributed by atoms with van der Waals surface area (Å²) in [6.07, 6.45) is 4.23. The number of amides is 1. The van der Waals surface area contributed by atoms with E-state index in [1.807, 2.05) is 4.90 Å². The van der Waals surface area contributed by atoms with Gasteiger partial charge in [0.15, 0.2) is 0 Å². The number of hydrogen-bond donors (Lipinski definition) is 1. The van der Waals surface area contributed by atoms with Gasteiger partial charge in [-0.3, -0.25) is 9.69 Å². The molecule has 1 amide bonds. The maximum absolute atomic E-state index is 12.3. The molecule has 2 fully saturated rings. The third-order valence-electron chi connectivity index (χ3n) is 5.26. The Morgan fingerprint density at radius 1 is 1.21 bits per heavy atom. The van der Waals surface area contributed by atoms with Gasteiger partial charge in [0.1, 0.15) is 11.6 Å². The van der Waals surface area contributed by atoms with Crippen molar-refractivity contribution in [3.05, 3.63) is 11.6 Å². The highest BCUT2D eigenvalue weighted by Gasteiger charge is 2.32. The van der Waals surface area contributed by atoms with E-state index in [9.17, 15) is 4.79 Å². The van der Waals surface area contributed by atoms with E-state index in [1.54, 1.807) is 0 Å². The van der Waals surface area contributed by atoms with Crippen LogP contribution in [-0.2, 0) is 17.9 Å². The molecule has 1 aliphatic heterocycles. The summed E-state index contributed by atoms with van der Waals surface area (Å²) in [7, 11) is 0. The highest BCUT2D eigenvalue weighted by atomic mass is 16.2. The van der Waals surface area contributed by atoms with E-state index in [1.165, 1.54) is 0 Å². The van der Waals surface area contributed by atoms with Gasteiger partial charge in [0, 0.05) is 38.1 Å². The summed E-state index contributed by atoms with van der Waals surface area (Å²) >= 11 is 0. The van der Waals surface area contributed by atoms with E-state index in [-0.39, 0.29) is 5.91 Å². The van der Waals surface area contributed by atoms with Crippen LogP contribution in [0.5, 0.6) is 0 Å². The molecule has 0 spiro atoms. The summed E-state index contributed by atoms with van der Waals surface area (Å²) < 4.78 is 2.21. The smallest absolute Gasteiger partial charge is 0.236 e. The minimum atomic E-state index is 0.238. The molecule has 1 aromatic rings. The van der Waals surface area contributed by atoms with Crippen LogP contribution in [0.2, 0.25) is 0 Å². The first-order chi connectivity index (χ1) is 11.6. The van der Waals surface area contributed by atoms with E-state index < -0.39 is 0 Å². The molecule has 1 aliphatic carbocycles. The number of rotatable bonds is 7. The first kappa shape index (κ1) is 17.4. The van der Waals surface area contributed by atoms with E-state index in [0.717, 1.165) is 63.5 Å². The zero-order valence-corrected chi connectivity index (χ0v) is 14.9. The van der Waals surface area contributed by atoms with Crippen LogP contribution in [0.25, 0.3) is 0 Å². The molecule has 2 N–H and O–H groups in total. The molecule has 0 atom stereocenters. The number of piperazine rings is 1. The lowest BCUT2D eigenvalue weighted by Crippen LogP contribution is -2.50. The number of unbranched alkanes of at least 4 members (excludes halogenated alkanes) is 1. The van der Waals surface area contributed by atoms with Gasteiger partial charge in [-0.15, -0.1) is 10.2 Å². The molecule has 1 saturated heterocycles. The van der Waals surface area contributed by atoms with Crippen molar-refractivity contribution < 1.29 is 4.79 Å². The lowest BCUT2D eigenvalue weighted by Gasteiger charge is -2.34. The van der Waals surface area contributed by atoms with Crippen molar-refractivity contribution in [2.45, 2.75) is 64.6 Å². The van der Waals surface area contributed by atoms with Crippen molar-refractivity contribution in [1.29, 1.82) is 0 Å². The monoisotopic (exact) mass is 334 g/mol. The minimum Gasteiger partial charge on any atom is -0.340 e. The number of aromatic nitrogens is 3. The van der Waals surface area contributed by atoms with E-state index >= 15 is 0 Å². The molecule has 0 radical (unpaired) electrons. The molecule has 2 heterocycles. The first-order valence-corrected chi connectivity index (χ1v) is 9.30. The van der Waals surface area contributed by atoms with Crippen molar-refractivity contribution >= 4 is 5.91 Å². The zero-order chi connectivity index (χ0) is 17.1. The normalized spacial score (nSPS) is 25.1. The number of hydrogen-bond acceptors (Lipinski definition) is 5. The molecule has 1 aromatic heterocycles. The van der Waals surface area contributed by atoms with Gasteiger partial charge in [-0.05, 0) is 26.2 Å². The molecule has 24 heavy (non-hydrogen) atoms. The maximum Gasteiger partial charge on any atom is 0.236 e. The molecule has 1 saturated carbocycles. The molecule has 3 rings (SSSR count). The van der Waals surface area contributed by atoms with Gasteiger partial charge >= 0.3 is 0 Å². The largest absolute Gasteiger partial charge is 0.340 e. The van der Waals surface area contributed by atoms with Crippen LogP contribution < -0.4 is 5.73 Å². The molecular formula is C17H30N6O. The van der Waals surface area contributed by atoms with Crippen molar-refractivity contribution in [1.82, 2.24) is 24.6 Å². The second kappa shape index (κ2) is 7.61. The number of nitrogens with two attached hydrogens (primary N) is 1. The van der Waals surface area contributed by atoms with Crippen LogP contribution in [0.15, 0.2) is 0 Å². The summed E-state index contributed by atoms with van der Waals surface area (Å²) in [4.78, 5) is 16.5. The van der Waals surface area contributed by atoms with Gasteiger partial charge < -0.3 is 15.2 Å². The summed E-state index contributed by atoms with van der Waals surface area (Å²) in [6, 6.07) is 0.314. The lowest BCUT2D eigenvalue weighted by atomic mass is 9.80. The Kier molecular flexibility index (Phi) is 5.50. The Bertz CT molecular complexity index is 565.